The Labute approximate surface area is 179 Å². The minimum atomic E-state index is -0.330. The summed E-state index contributed by atoms with van der Waals surface area (Å²) in [4.78, 5) is 12.7. The molecule has 1 aromatic heterocycles. The highest BCUT2D eigenvalue weighted by Crippen LogP contribution is 2.35. The molecule has 154 valence electrons. The zero-order valence-corrected chi connectivity index (χ0v) is 17.7. The highest BCUT2D eigenvalue weighted by atomic mass is 32.2. The molecule has 1 atom stereocenters. The van der Waals surface area contributed by atoms with Crippen LogP contribution in [0.3, 0.4) is 0 Å². The summed E-state index contributed by atoms with van der Waals surface area (Å²) in [5.41, 5.74) is 3.50. The van der Waals surface area contributed by atoms with Gasteiger partial charge in [0, 0.05) is 12.6 Å². The molecular weight excluding hydrogens is 398 g/mol. The van der Waals surface area contributed by atoms with Gasteiger partial charge in [-0.1, -0.05) is 36.0 Å². The number of hydrogen-bond donors (Lipinski definition) is 0. The van der Waals surface area contributed by atoms with Gasteiger partial charge in [-0.2, -0.15) is 0 Å². The van der Waals surface area contributed by atoms with Gasteiger partial charge in [-0.3, -0.25) is 4.79 Å². The number of hydrogen-bond acceptors (Lipinski definition) is 6. The summed E-state index contributed by atoms with van der Waals surface area (Å²) in [6, 6.07) is 13.7. The molecule has 30 heavy (non-hydrogen) atoms. The van der Waals surface area contributed by atoms with Crippen LogP contribution >= 0.6 is 11.8 Å². The maximum atomic E-state index is 12.7. The molecule has 1 aliphatic carbocycles. The van der Waals surface area contributed by atoms with Crippen molar-refractivity contribution in [1.29, 1.82) is 0 Å². The van der Waals surface area contributed by atoms with Crippen LogP contribution < -0.4 is 9.47 Å². The van der Waals surface area contributed by atoms with Gasteiger partial charge in [-0.25, -0.2) is 0 Å². The minimum Gasteiger partial charge on any atom is -0.485 e. The van der Waals surface area contributed by atoms with Gasteiger partial charge < -0.3 is 14.0 Å². The number of aryl methyl sites for hydroxylation is 2. The van der Waals surface area contributed by atoms with Gasteiger partial charge in [0.05, 0.1) is 5.75 Å². The van der Waals surface area contributed by atoms with Gasteiger partial charge in [0.1, 0.15) is 6.61 Å². The number of benzene rings is 2. The van der Waals surface area contributed by atoms with E-state index in [1.165, 1.54) is 35.7 Å². The third kappa shape index (κ3) is 3.69. The molecule has 0 amide bonds. The molecule has 3 aromatic rings. The lowest BCUT2D eigenvalue weighted by Gasteiger charge is -2.25. The summed E-state index contributed by atoms with van der Waals surface area (Å²) < 4.78 is 13.7. The Hall–Kier alpha value is -2.80. The summed E-state index contributed by atoms with van der Waals surface area (Å²) in [5.74, 6) is 2.57. The first-order valence-electron chi connectivity index (χ1n) is 10.2. The molecule has 5 rings (SSSR count). The van der Waals surface area contributed by atoms with E-state index < -0.39 is 0 Å². The Morgan fingerprint density at radius 3 is 2.77 bits per heavy atom. The first-order valence-corrected chi connectivity index (χ1v) is 11.2. The fourth-order valence-corrected chi connectivity index (χ4v) is 4.81. The van der Waals surface area contributed by atoms with Crippen LogP contribution in [0.4, 0.5) is 0 Å². The molecule has 0 saturated carbocycles. The third-order valence-corrected chi connectivity index (χ3v) is 6.69. The van der Waals surface area contributed by atoms with E-state index in [1.54, 1.807) is 0 Å². The number of ketones is 1. The van der Waals surface area contributed by atoms with Crippen LogP contribution in [-0.2, 0) is 19.9 Å². The van der Waals surface area contributed by atoms with Gasteiger partial charge in [0.15, 0.2) is 34.4 Å². The number of fused-ring (bicyclic) bond motifs is 2. The topological polar surface area (TPSA) is 66.2 Å². The Bertz CT molecular complexity index is 1100. The maximum absolute atomic E-state index is 12.7. The number of rotatable bonds is 5. The van der Waals surface area contributed by atoms with E-state index in [4.69, 9.17) is 9.47 Å². The van der Waals surface area contributed by atoms with Crippen LogP contribution in [0, 0.1) is 0 Å². The number of nitrogens with zero attached hydrogens (tertiary/aromatic N) is 3. The van der Waals surface area contributed by atoms with Crippen LogP contribution in [-0.4, -0.2) is 32.9 Å². The standard InChI is InChI=1S/C23H23N3O3S/c1-26-22(21-13-28-19-8-4-5-9-20(19)29-21)24-25-23(26)30-14-18(27)17-11-10-15-6-2-3-7-16(15)12-17/h4-5,8-12,21H,2-3,6-7,13-14H2,1H3/t21-/m0/s1. The molecule has 7 heteroatoms. The van der Waals surface area contributed by atoms with Crippen molar-refractivity contribution in [3.05, 3.63) is 65.0 Å². The molecular formula is C23H23N3O3S. The van der Waals surface area contributed by atoms with Gasteiger partial charge >= 0.3 is 0 Å². The number of ether oxygens (including phenoxy) is 2. The van der Waals surface area contributed by atoms with Crippen molar-refractivity contribution in [2.75, 3.05) is 12.4 Å². The molecule has 0 unspecified atom stereocenters. The largest absolute Gasteiger partial charge is 0.485 e. The highest BCUT2D eigenvalue weighted by molar-refractivity contribution is 7.99. The van der Waals surface area contributed by atoms with Crippen molar-refractivity contribution < 1.29 is 14.3 Å². The highest BCUT2D eigenvalue weighted by Gasteiger charge is 2.27. The first-order chi connectivity index (χ1) is 14.7. The van der Waals surface area contributed by atoms with Gasteiger partial charge in [0.2, 0.25) is 0 Å². The summed E-state index contributed by atoms with van der Waals surface area (Å²) in [6.07, 6.45) is 4.31. The predicted octanol–water partition coefficient (Wildman–Crippen LogP) is 4.18. The normalized spacial score (nSPS) is 17.4. The average molecular weight is 422 g/mol. The van der Waals surface area contributed by atoms with E-state index in [2.05, 4.69) is 22.3 Å². The Balaban J connectivity index is 1.26. The zero-order valence-electron chi connectivity index (χ0n) is 16.8. The van der Waals surface area contributed by atoms with E-state index in [-0.39, 0.29) is 11.9 Å². The van der Waals surface area contributed by atoms with E-state index in [0.29, 0.717) is 29.1 Å². The SMILES string of the molecule is Cn1c(SCC(=O)c2ccc3c(c2)CCCC3)nnc1[C@@H]1COc2ccccc2O1. The van der Waals surface area contributed by atoms with E-state index in [9.17, 15) is 4.79 Å². The van der Waals surface area contributed by atoms with Crippen LogP contribution in [0.2, 0.25) is 0 Å². The van der Waals surface area contributed by atoms with Crippen LogP contribution in [0.1, 0.15) is 46.3 Å². The van der Waals surface area contributed by atoms with Crippen molar-refractivity contribution in [2.45, 2.75) is 36.9 Å². The number of Topliss-reactive ketones (excluding diaryl/α,β-unsaturated/α-hetero) is 1. The van der Waals surface area contributed by atoms with E-state index in [1.807, 2.05) is 41.9 Å². The Kier molecular flexibility index (Phi) is 5.21. The van der Waals surface area contributed by atoms with Crippen LogP contribution in [0.25, 0.3) is 0 Å². The summed E-state index contributed by atoms with van der Waals surface area (Å²) >= 11 is 1.40. The molecule has 2 heterocycles. The Morgan fingerprint density at radius 2 is 1.90 bits per heavy atom. The van der Waals surface area contributed by atoms with E-state index in [0.717, 1.165) is 24.2 Å². The average Bonchev–Trinajstić information content (AvgIpc) is 3.17. The van der Waals surface area contributed by atoms with Crippen LogP contribution in [0.5, 0.6) is 11.5 Å². The Morgan fingerprint density at radius 1 is 1.10 bits per heavy atom. The van der Waals surface area contributed by atoms with Crippen molar-refractivity contribution in [3.63, 3.8) is 0 Å². The van der Waals surface area contributed by atoms with Gasteiger partial charge in [0.25, 0.3) is 0 Å². The number of thioether (sulfide) groups is 1. The number of para-hydroxylation sites is 2. The summed E-state index contributed by atoms with van der Waals surface area (Å²) in [5, 5.41) is 9.26. The van der Waals surface area contributed by atoms with E-state index >= 15 is 0 Å². The predicted molar refractivity (Wildman–Crippen MR) is 114 cm³/mol. The van der Waals surface area contributed by atoms with Crippen molar-refractivity contribution in [2.24, 2.45) is 7.05 Å². The van der Waals surface area contributed by atoms with Gasteiger partial charge in [-0.15, -0.1) is 10.2 Å². The number of carbonyl (C=O) groups is 1. The molecule has 0 bridgehead atoms. The monoisotopic (exact) mass is 421 g/mol. The first kappa shape index (κ1) is 19.2. The molecule has 6 nitrogen and oxygen atoms in total. The minimum absolute atomic E-state index is 0.115. The second kappa shape index (κ2) is 8.14. The molecule has 0 spiro atoms. The second-order valence-corrected chi connectivity index (χ2v) is 8.61. The maximum Gasteiger partial charge on any atom is 0.192 e. The number of aromatic nitrogens is 3. The summed E-state index contributed by atoms with van der Waals surface area (Å²) in [6.45, 7) is 0.377. The van der Waals surface area contributed by atoms with Crippen LogP contribution in [0.15, 0.2) is 47.6 Å². The van der Waals surface area contributed by atoms with Crippen molar-refractivity contribution in [3.8, 4) is 11.5 Å². The van der Waals surface area contributed by atoms with Crippen molar-refractivity contribution >= 4 is 17.5 Å². The number of carbonyl (C=O) groups excluding carboxylic acids is 1. The fourth-order valence-electron chi connectivity index (χ4n) is 4.00. The van der Waals surface area contributed by atoms with Crippen molar-refractivity contribution in [1.82, 2.24) is 14.8 Å². The fraction of sp³-hybridized carbons (Fsp3) is 0.348. The molecule has 0 N–H and O–H groups in total. The molecule has 1 aliphatic heterocycles. The smallest absolute Gasteiger partial charge is 0.192 e. The summed E-state index contributed by atoms with van der Waals surface area (Å²) in [7, 11) is 1.89. The molecule has 2 aliphatic rings. The lowest BCUT2D eigenvalue weighted by molar-refractivity contribution is 0.0825. The zero-order chi connectivity index (χ0) is 20.5. The molecule has 0 radical (unpaired) electrons. The third-order valence-electron chi connectivity index (χ3n) is 5.67. The quantitative estimate of drug-likeness (QED) is 0.455. The molecule has 0 fully saturated rings. The molecule has 2 aromatic carbocycles. The second-order valence-electron chi connectivity index (χ2n) is 7.67. The lowest BCUT2D eigenvalue weighted by Crippen LogP contribution is -2.24. The van der Waals surface area contributed by atoms with Gasteiger partial charge in [-0.05, 0) is 55.0 Å². The lowest BCUT2D eigenvalue weighted by atomic mass is 9.90. The molecule has 0 saturated heterocycles.